The van der Waals surface area contributed by atoms with E-state index in [9.17, 15) is 13.2 Å². The first-order valence-electron chi connectivity index (χ1n) is 3.64. The first-order chi connectivity index (χ1) is 6.06. The monoisotopic (exact) mass is 189 g/mol. The topological polar surface area (TPSA) is 20.2 Å². The van der Waals surface area contributed by atoms with Gasteiger partial charge in [-0.25, -0.2) is 13.2 Å². The van der Waals surface area contributed by atoms with Crippen LogP contribution in [0.25, 0.3) is 0 Å². The minimum atomic E-state index is -1.49. The molecule has 1 aromatic rings. The van der Waals surface area contributed by atoms with E-state index in [1.54, 1.807) is 0 Å². The molecule has 0 bridgehead atoms. The van der Waals surface area contributed by atoms with E-state index in [2.05, 4.69) is 0 Å². The number of aliphatic hydroxyl groups is 1. The third kappa shape index (κ3) is 2.01. The molecule has 0 aliphatic heterocycles. The van der Waals surface area contributed by atoms with Crippen molar-refractivity contribution in [1.29, 1.82) is 0 Å². The molecule has 0 spiro atoms. The van der Waals surface area contributed by atoms with Crippen molar-refractivity contribution in [3.63, 3.8) is 0 Å². The molecule has 0 heterocycles. The van der Waals surface area contributed by atoms with E-state index < -0.39 is 17.5 Å². The van der Waals surface area contributed by atoms with Crippen LogP contribution >= 0.6 is 0 Å². The lowest BCUT2D eigenvalue weighted by Gasteiger charge is -2.07. The molecule has 71 valence electrons. The summed E-state index contributed by atoms with van der Waals surface area (Å²) in [6.45, 7) is 1.19. The first kappa shape index (κ1) is 10.1. The Balaban J connectivity index is 3.13. The molecule has 0 aromatic heterocycles. The van der Waals surface area contributed by atoms with Crippen LogP contribution in [0.2, 0.25) is 0 Å². The molecule has 0 aliphatic rings. The van der Waals surface area contributed by atoms with Gasteiger partial charge < -0.3 is 5.11 Å². The van der Waals surface area contributed by atoms with Crippen molar-refractivity contribution in [2.45, 2.75) is 6.92 Å². The molecule has 0 fully saturated rings. The number of halogens is 3. The third-order valence-electron chi connectivity index (χ3n) is 1.71. The minimum absolute atomic E-state index is 0.166. The maximum Gasteiger partial charge on any atom is 0.194 e. The third-order valence-corrected chi connectivity index (χ3v) is 1.71. The van der Waals surface area contributed by atoms with Gasteiger partial charge in [0.25, 0.3) is 0 Å². The van der Waals surface area contributed by atoms with E-state index in [4.69, 9.17) is 5.11 Å². The Morgan fingerprint density at radius 2 is 1.69 bits per heavy atom. The molecule has 0 aliphatic carbocycles. The van der Waals surface area contributed by atoms with Gasteiger partial charge in [0.05, 0.1) is 6.61 Å². The van der Waals surface area contributed by atoms with Crippen LogP contribution in [0.5, 0.6) is 0 Å². The average Bonchev–Trinajstić information content (AvgIpc) is 2.12. The number of aliphatic hydroxyl groups excluding tert-OH is 1. The van der Waals surface area contributed by atoms with Crippen LogP contribution in [-0.4, -0.2) is 11.7 Å². The molecule has 0 atom stereocenters. The van der Waals surface area contributed by atoms with Gasteiger partial charge in [-0.1, -0.05) is 6.92 Å². The summed E-state index contributed by atoms with van der Waals surface area (Å²) in [5.74, 6) is -3.60. The summed E-state index contributed by atoms with van der Waals surface area (Å²) in [4.78, 5) is 0. The molecule has 4 heteroatoms. The maximum atomic E-state index is 12.6. The number of rotatable bonds is 2. The Bertz CT molecular complexity index is 289. The van der Waals surface area contributed by atoms with Crippen LogP contribution in [0.4, 0.5) is 13.2 Å². The Labute approximate surface area is 73.8 Å². The summed E-state index contributed by atoms with van der Waals surface area (Å²) in [5.41, 5.74) is 0.166. The molecule has 0 unspecified atom stereocenters. The Morgan fingerprint density at radius 3 is 2.08 bits per heavy atom. The standard InChI is InChI=1S/C9H8F3O/c1-5(4-13)6-2-7(10)9(12)8(11)3-6/h2-3,13H,4H2,1H3. The van der Waals surface area contributed by atoms with Gasteiger partial charge in [-0.05, 0) is 17.7 Å². The molecule has 1 rings (SSSR count). The highest BCUT2D eigenvalue weighted by Crippen LogP contribution is 2.19. The zero-order valence-corrected chi connectivity index (χ0v) is 6.94. The minimum Gasteiger partial charge on any atom is -0.395 e. The zero-order chi connectivity index (χ0) is 10.0. The highest BCUT2D eigenvalue weighted by Gasteiger charge is 2.13. The lowest BCUT2D eigenvalue weighted by molar-refractivity contribution is 0.314. The van der Waals surface area contributed by atoms with Crippen molar-refractivity contribution in [3.05, 3.63) is 41.1 Å². The quantitative estimate of drug-likeness (QED) is 0.706. The van der Waals surface area contributed by atoms with Crippen LogP contribution in [0.3, 0.4) is 0 Å². The molecule has 1 radical (unpaired) electrons. The molecule has 0 saturated carbocycles. The van der Waals surface area contributed by atoms with Gasteiger partial charge in [0.15, 0.2) is 17.5 Å². The zero-order valence-electron chi connectivity index (χ0n) is 6.94. The van der Waals surface area contributed by atoms with E-state index in [0.717, 1.165) is 12.1 Å². The van der Waals surface area contributed by atoms with Crippen molar-refractivity contribution in [2.75, 3.05) is 6.61 Å². The molecular formula is C9H8F3O. The van der Waals surface area contributed by atoms with Gasteiger partial charge in [0.1, 0.15) is 0 Å². The van der Waals surface area contributed by atoms with Crippen molar-refractivity contribution in [2.24, 2.45) is 0 Å². The molecule has 1 nitrogen and oxygen atoms in total. The predicted octanol–water partition coefficient (Wildman–Crippen LogP) is 2.04. The summed E-state index contributed by atoms with van der Waals surface area (Å²) in [6.07, 6.45) is 0. The fraction of sp³-hybridized carbons (Fsp3) is 0.222. The molecule has 0 amide bonds. The highest BCUT2D eigenvalue weighted by molar-refractivity contribution is 5.31. The van der Waals surface area contributed by atoms with Crippen molar-refractivity contribution >= 4 is 0 Å². The van der Waals surface area contributed by atoms with Crippen molar-refractivity contribution in [1.82, 2.24) is 0 Å². The van der Waals surface area contributed by atoms with Gasteiger partial charge in [0, 0.05) is 5.92 Å². The number of hydrogen-bond donors (Lipinski definition) is 1. The normalized spacial score (nSPS) is 10.9. The van der Waals surface area contributed by atoms with Gasteiger partial charge in [-0.2, -0.15) is 0 Å². The first-order valence-corrected chi connectivity index (χ1v) is 3.64. The van der Waals surface area contributed by atoms with Crippen LogP contribution in [0.15, 0.2) is 12.1 Å². The molecule has 0 saturated heterocycles. The summed E-state index contributed by atoms with van der Waals surface area (Å²) in [7, 11) is 0. The Kier molecular flexibility index (Phi) is 2.93. The van der Waals surface area contributed by atoms with E-state index >= 15 is 0 Å². The molecule has 13 heavy (non-hydrogen) atoms. The largest absolute Gasteiger partial charge is 0.395 e. The van der Waals surface area contributed by atoms with E-state index in [-0.39, 0.29) is 12.2 Å². The van der Waals surface area contributed by atoms with Gasteiger partial charge in [0.2, 0.25) is 0 Å². The Hall–Kier alpha value is -1.03. The van der Waals surface area contributed by atoms with Crippen molar-refractivity contribution < 1.29 is 18.3 Å². The average molecular weight is 189 g/mol. The highest BCUT2D eigenvalue weighted by atomic mass is 19.2. The summed E-state index contributed by atoms with van der Waals surface area (Å²) < 4.78 is 37.7. The van der Waals surface area contributed by atoms with Crippen LogP contribution in [-0.2, 0) is 0 Å². The SMILES string of the molecule is C[C](CO)c1cc(F)c(F)c(F)c1. The van der Waals surface area contributed by atoms with Gasteiger partial charge in [-0.3, -0.25) is 0 Å². The fourth-order valence-corrected chi connectivity index (χ4v) is 0.893. The van der Waals surface area contributed by atoms with E-state index in [0.29, 0.717) is 5.92 Å². The molecular weight excluding hydrogens is 181 g/mol. The number of hydrogen-bond acceptors (Lipinski definition) is 1. The lowest BCUT2D eigenvalue weighted by Crippen LogP contribution is -2.03. The fourth-order valence-electron chi connectivity index (χ4n) is 0.893. The smallest absolute Gasteiger partial charge is 0.194 e. The molecule has 1 N–H and O–H groups in total. The van der Waals surface area contributed by atoms with Crippen LogP contribution < -0.4 is 0 Å². The maximum absolute atomic E-state index is 12.6. The second-order valence-corrected chi connectivity index (χ2v) is 2.69. The Morgan fingerprint density at radius 1 is 1.23 bits per heavy atom. The van der Waals surface area contributed by atoms with Gasteiger partial charge in [-0.15, -0.1) is 0 Å². The van der Waals surface area contributed by atoms with Crippen molar-refractivity contribution in [3.8, 4) is 0 Å². The predicted molar refractivity (Wildman–Crippen MR) is 41.4 cm³/mol. The number of benzene rings is 1. The second kappa shape index (κ2) is 3.79. The van der Waals surface area contributed by atoms with Crippen LogP contribution in [0.1, 0.15) is 12.5 Å². The summed E-state index contributed by atoms with van der Waals surface area (Å²) in [5, 5.41) is 8.66. The van der Waals surface area contributed by atoms with Gasteiger partial charge >= 0.3 is 0 Å². The van der Waals surface area contributed by atoms with E-state index in [1.165, 1.54) is 6.92 Å². The lowest BCUT2D eigenvalue weighted by atomic mass is 10.0. The second-order valence-electron chi connectivity index (χ2n) is 2.69. The summed E-state index contributed by atoms with van der Waals surface area (Å²) >= 11 is 0. The summed E-state index contributed by atoms with van der Waals surface area (Å²) in [6, 6.07) is 1.70. The van der Waals surface area contributed by atoms with E-state index in [1.807, 2.05) is 0 Å². The molecule has 1 aromatic carbocycles. The van der Waals surface area contributed by atoms with Crippen LogP contribution in [0, 0.1) is 23.4 Å².